The van der Waals surface area contributed by atoms with Crippen LogP contribution in [-0.4, -0.2) is 14.5 Å². The van der Waals surface area contributed by atoms with E-state index in [1.165, 1.54) is 25.3 Å². The molecule has 2 aromatic heterocycles. The molecule has 5 heteroatoms. The minimum absolute atomic E-state index is 0.0946. The highest BCUT2D eigenvalue weighted by Gasteiger charge is 2.13. The van der Waals surface area contributed by atoms with Gasteiger partial charge in [0.2, 0.25) is 0 Å². The maximum Gasteiger partial charge on any atom is 0.254 e. The number of pyridine rings is 1. The molecule has 0 saturated heterocycles. The van der Waals surface area contributed by atoms with E-state index in [4.69, 9.17) is 4.74 Å². The molecule has 0 aliphatic heterocycles. The van der Waals surface area contributed by atoms with Crippen molar-refractivity contribution >= 4 is 0 Å². The predicted molar refractivity (Wildman–Crippen MR) is 121 cm³/mol. The van der Waals surface area contributed by atoms with Crippen molar-refractivity contribution in [2.24, 2.45) is 5.92 Å². The Kier molecular flexibility index (Phi) is 7.62. The molecular weight excluding hydrogens is 386 g/mol. The number of hydrogen-bond donors (Lipinski definition) is 0. The second-order valence-corrected chi connectivity index (χ2v) is 7.30. The first-order valence-corrected chi connectivity index (χ1v) is 10.2. The van der Waals surface area contributed by atoms with Gasteiger partial charge in [-0.25, -0.2) is 9.97 Å². The maximum atomic E-state index is 12.6. The number of terminal acetylenes is 1. The van der Waals surface area contributed by atoms with Crippen LogP contribution in [-0.2, 0) is 13.2 Å². The summed E-state index contributed by atoms with van der Waals surface area (Å²) < 4.78 is 7.42. The molecule has 1 saturated carbocycles. The van der Waals surface area contributed by atoms with Crippen LogP contribution in [0.2, 0.25) is 0 Å². The second kappa shape index (κ2) is 10.8. The third kappa shape index (κ3) is 6.07. The summed E-state index contributed by atoms with van der Waals surface area (Å²) in [6, 6.07) is 13.2. The number of aromatic nitrogens is 3. The topological polar surface area (TPSA) is 57.0 Å². The van der Waals surface area contributed by atoms with Crippen molar-refractivity contribution in [3.63, 3.8) is 0 Å². The van der Waals surface area contributed by atoms with Crippen molar-refractivity contribution in [2.75, 3.05) is 0 Å². The monoisotopic (exact) mass is 411 g/mol. The zero-order valence-corrected chi connectivity index (χ0v) is 17.6. The van der Waals surface area contributed by atoms with Crippen LogP contribution in [0.15, 0.2) is 59.7 Å². The number of aryl methyl sites for hydroxylation is 1. The summed E-state index contributed by atoms with van der Waals surface area (Å²) in [6.45, 7) is 2.65. The first-order valence-electron chi connectivity index (χ1n) is 10.2. The van der Waals surface area contributed by atoms with E-state index < -0.39 is 0 Å². The maximum absolute atomic E-state index is 12.6. The van der Waals surface area contributed by atoms with Crippen LogP contribution in [0.1, 0.15) is 41.9 Å². The summed E-state index contributed by atoms with van der Waals surface area (Å²) >= 11 is 0. The number of benzene rings is 1. The van der Waals surface area contributed by atoms with Gasteiger partial charge in [-0.15, -0.1) is 12.8 Å². The van der Waals surface area contributed by atoms with E-state index in [1.807, 2.05) is 37.3 Å². The molecule has 3 aromatic rings. The van der Waals surface area contributed by atoms with Gasteiger partial charge in [0.1, 0.15) is 12.4 Å². The van der Waals surface area contributed by atoms with Gasteiger partial charge < -0.3 is 9.30 Å². The average Bonchev–Trinajstić information content (AvgIpc) is 2.77. The minimum atomic E-state index is -0.0946. The molecule has 0 unspecified atom stereocenters. The molecule has 2 heterocycles. The number of rotatable bonds is 5. The van der Waals surface area contributed by atoms with E-state index in [0.717, 1.165) is 16.8 Å². The predicted octanol–water partition coefficient (Wildman–Crippen LogP) is 3.98. The van der Waals surface area contributed by atoms with Gasteiger partial charge in [-0.2, -0.15) is 0 Å². The molecular formula is C26H25N3O2. The van der Waals surface area contributed by atoms with Crippen LogP contribution >= 0.6 is 0 Å². The lowest BCUT2D eigenvalue weighted by Crippen LogP contribution is -2.22. The van der Waals surface area contributed by atoms with Gasteiger partial charge in [0.15, 0.2) is 5.82 Å². The van der Waals surface area contributed by atoms with Crippen LogP contribution in [0.3, 0.4) is 0 Å². The summed E-state index contributed by atoms with van der Waals surface area (Å²) in [5.74, 6) is 8.25. The van der Waals surface area contributed by atoms with Crippen molar-refractivity contribution in [1.82, 2.24) is 14.5 Å². The van der Waals surface area contributed by atoms with E-state index in [9.17, 15) is 4.79 Å². The van der Waals surface area contributed by atoms with Crippen molar-refractivity contribution in [3.8, 4) is 30.4 Å². The standard InChI is InChI=1S/C24H23N3O2.C2H2/c1-18-14-22(29-17-23-25-12-3-13-26-23)15-24(28)27(18)16-21-10-8-20(9-11-21)7-6-19-4-2-5-19;1-2/h3,8-15,19H,2,4-5,16-17H2,1H3;1-2H. The Balaban J connectivity index is 0.00000132. The van der Waals surface area contributed by atoms with E-state index in [1.54, 1.807) is 23.0 Å². The van der Waals surface area contributed by atoms with Gasteiger partial charge in [-0.1, -0.05) is 30.4 Å². The van der Waals surface area contributed by atoms with Gasteiger partial charge >= 0.3 is 0 Å². The summed E-state index contributed by atoms with van der Waals surface area (Å²) in [6.07, 6.45) is 15.1. The molecule has 4 rings (SSSR count). The zero-order valence-electron chi connectivity index (χ0n) is 17.6. The SMILES string of the molecule is C#C.Cc1cc(OCc2ncccn2)cc(=O)n1Cc1ccc(C#CC2CCC2)cc1. The van der Waals surface area contributed by atoms with Gasteiger partial charge in [-0.3, -0.25) is 4.79 Å². The van der Waals surface area contributed by atoms with Gasteiger partial charge in [0.25, 0.3) is 5.56 Å². The van der Waals surface area contributed by atoms with Crippen molar-refractivity contribution in [2.45, 2.75) is 39.3 Å². The second-order valence-electron chi connectivity index (χ2n) is 7.30. The van der Waals surface area contributed by atoms with Gasteiger partial charge in [-0.05, 0) is 49.6 Å². The molecule has 0 spiro atoms. The van der Waals surface area contributed by atoms with Crippen LogP contribution in [0.4, 0.5) is 0 Å². The third-order valence-corrected chi connectivity index (χ3v) is 5.12. The first-order chi connectivity index (χ1) is 15.2. The molecule has 0 atom stereocenters. The minimum Gasteiger partial charge on any atom is -0.485 e. The van der Waals surface area contributed by atoms with Gasteiger partial charge in [0.05, 0.1) is 6.54 Å². The first kappa shape index (κ1) is 21.9. The van der Waals surface area contributed by atoms with E-state index in [-0.39, 0.29) is 12.2 Å². The highest BCUT2D eigenvalue weighted by atomic mass is 16.5. The summed E-state index contributed by atoms with van der Waals surface area (Å²) in [4.78, 5) is 20.8. The Hall–Kier alpha value is -3.83. The largest absolute Gasteiger partial charge is 0.485 e. The Bertz CT molecular complexity index is 1130. The van der Waals surface area contributed by atoms with Crippen molar-refractivity contribution in [1.29, 1.82) is 0 Å². The molecule has 1 aliphatic rings. The molecule has 1 fully saturated rings. The molecule has 156 valence electrons. The Labute approximate surface area is 183 Å². The summed E-state index contributed by atoms with van der Waals surface area (Å²) in [7, 11) is 0. The number of nitrogens with zero attached hydrogens (tertiary/aromatic N) is 3. The fourth-order valence-corrected chi connectivity index (χ4v) is 3.15. The van der Waals surface area contributed by atoms with E-state index >= 15 is 0 Å². The molecule has 1 aliphatic carbocycles. The fourth-order valence-electron chi connectivity index (χ4n) is 3.15. The normalized spacial score (nSPS) is 12.5. The summed E-state index contributed by atoms with van der Waals surface area (Å²) in [5.41, 5.74) is 2.84. The quantitative estimate of drug-likeness (QED) is 0.596. The fraction of sp³-hybridized carbons (Fsp3) is 0.269. The Morgan fingerprint density at radius 1 is 1.13 bits per heavy atom. The van der Waals surface area contributed by atoms with Crippen LogP contribution < -0.4 is 10.3 Å². The number of hydrogen-bond acceptors (Lipinski definition) is 4. The molecule has 0 amide bonds. The highest BCUT2D eigenvalue weighted by Crippen LogP contribution is 2.25. The zero-order chi connectivity index (χ0) is 22.1. The van der Waals surface area contributed by atoms with Crippen LogP contribution in [0.25, 0.3) is 0 Å². The van der Waals surface area contributed by atoms with Crippen LogP contribution in [0, 0.1) is 37.5 Å². The number of ether oxygens (including phenoxy) is 1. The lowest BCUT2D eigenvalue weighted by molar-refractivity contribution is 0.294. The lowest BCUT2D eigenvalue weighted by atomic mass is 9.86. The Morgan fingerprint density at radius 3 is 2.45 bits per heavy atom. The highest BCUT2D eigenvalue weighted by molar-refractivity contribution is 5.37. The van der Waals surface area contributed by atoms with E-state index in [0.29, 0.717) is 24.0 Å². The average molecular weight is 412 g/mol. The van der Waals surface area contributed by atoms with Gasteiger partial charge in [0, 0.05) is 35.6 Å². The van der Waals surface area contributed by atoms with Crippen molar-refractivity contribution in [3.05, 3.63) is 87.9 Å². The summed E-state index contributed by atoms with van der Waals surface area (Å²) in [5, 5.41) is 0. The molecule has 0 bridgehead atoms. The smallest absolute Gasteiger partial charge is 0.254 e. The molecule has 5 nitrogen and oxygen atoms in total. The molecule has 0 N–H and O–H groups in total. The van der Waals surface area contributed by atoms with E-state index in [2.05, 4.69) is 34.7 Å². The Morgan fingerprint density at radius 2 is 1.84 bits per heavy atom. The molecule has 0 radical (unpaired) electrons. The third-order valence-electron chi connectivity index (χ3n) is 5.12. The van der Waals surface area contributed by atoms with Crippen molar-refractivity contribution < 1.29 is 4.74 Å². The molecule has 1 aromatic carbocycles. The molecule has 31 heavy (non-hydrogen) atoms. The van der Waals surface area contributed by atoms with Crippen LogP contribution in [0.5, 0.6) is 5.75 Å². The lowest BCUT2D eigenvalue weighted by Gasteiger charge is -2.18.